The van der Waals surface area contributed by atoms with Gasteiger partial charge in [-0.3, -0.25) is 9.59 Å². The summed E-state index contributed by atoms with van der Waals surface area (Å²) in [5, 5.41) is 5.59. The Kier molecular flexibility index (Phi) is 6.74. The molecule has 0 bridgehead atoms. The van der Waals surface area contributed by atoms with Crippen molar-refractivity contribution in [2.24, 2.45) is 5.73 Å². The number of primary amides is 1. The van der Waals surface area contributed by atoms with Gasteiger partial charge < -0.3 is 16.4 Å². The Labute approximate surface area is 84.4 Å². The quantitative estimate of drug-likeness (QED) is 0.479. The van der Waals surface area contributed by atoms with Crippen molar-refractivity contribution in [2.45, 2.75) is 32.2 Å². The van der Waals surface area contributed by atoms with Gasteiger partial charge in [-0.1, -0.05) is 0 Å². The van der Waals surface area contributed by atoms with Gasteiger partial charge in [-0.15, -0.1) is 0 Å². The molecule has 0 aromatic carbocycles. The van der Waals surface area contributed by atoms with Crippen LogP contribution < -0.4 is 16.4 Å². The fraction of sp³-hybridized carbons (Fsp3) is 0.778. The van der Waals surface area contributed by atoms with E-state index in [0.29, 0.717) is 13.0 Å². The summed E-state index contributed by atoms with van der Waals surface area (Å²) in [6.45, 7) is 2.39. The van der Waals surface area contributed by atoms with Crippen LogP contribution >= 0.6 is 0 Å². The summed E-state index contributed by atoms with van der Waals surface area (Å²) < 4.78 is 0. The molecule has 0 aromatic rings. The Morgan fingerprint density at radius 3 is 2.50 bits per heavy atom. The minimum Gasteiger partial charge on any atom is -0.370 e. The number of hydrogen-bond acceptors (Lipinski definition) is 3. The molecule has 0 aliphatic rings. The van der Waals surface area contributed by atoms with Crippen molar-refractivity contribution in [3.05, 3.63) is 0 Å². The van der Waals surface area contributed by atoms with Crippen LogP contribution in [0, 0.1) is 0 Å². The zero-order valence-corrected chi connectivity index (χ0v) is 8.80. The summed E-state index contributed by atoms with van der Waals surface area (Å²) in [6.07, 6.45) is 1.89. The molecule has 0 saturated carbocycles. The van der Waals surface area contributed by atoms with Gasteiger partial charge >= 0.3 is 0 Å². The number of unbranched alkanes of at least 4 members (excludes halogenated alkanes) is 1. The molecule has 0 spiro atoms. The van der Waals surface area contributed by atoms with Crippen molar-refractivity contribution >= 4 is 11.8 Å². The molecule has 1 unspecified atom stereocenters. The summed E-state index contributed by atoms with van der Waals surface area (Å²) in [5.74, 6) is -0.313. The van der Waals surface area contributed by atoms with Crippen molar-refractivity contribution in [3.63, 3.8) is 0 Å². The van der Waals surface area contributed by atoms with E-state index in [1.54, 1.807) is 14.0 Å². The van der Waals surface area contributed by atoms with Crippen LogP contribution in [0.5, 0.6) is 0 Å². The molecule has 0 aliphatic carbocycles. The number of nitrogens with one attached hydrogen (secondary N) is 2. The fourth-order valence-corrected chi connectivity index (χ4v) is 0.920. The maximum absolute atomic E-state index is 11.2. The SMILES string of the molecule is CNC(C)C(=O)NCCCCC(N)=O. The number of carbonyl (C=O) groups is 2. The van der Waals surface area contributed by atoms with Gasteiger partial charge in [0.1, 0.15) is 0 Å². The van der Waals surface area contributed by atoms with E-state index >= 15 is 0 Å². The fourth-order valence-electron chi connectivity index (χ4n) is 0.920. The highest BCUT2D eigenvalue weighted by Gasteiger charge is 2.08. The molecule has 0 fully saturated rings. The first-order chi connectivity index (χ1) is 6.57. The zero-order valence-electron chi connectivity index (χ0n) is 8.80. The van der Waals surface area contributed by atoms with Crippen LogP contribution in [-0.4, -0.2) is 31.4 Å². The predicted octanol–water partition coefficient (Wildman–Crippen LogP) is -0.634. The van der Waals surface area contributed by atoms with E-state index in [-0.39, 0.29) is 17.9 Å². The summed E-state index contributed by atoms with van der Waals surface area (Å²) in [5.41, 5.74) is 4.97. The van der Waals surface area contributed by atoms with E-state index in [9.17, 15) is 9.59 Å². The second-order valence-corrected chi connectivity index (χ2v) is 3.22. The number of hydrogen-bond donors (Lipinski definition) is 3. The first kappa shape index (κ1) is 12.9. The van der Waals surface area contributed by atoms with E-state index < -0.39 is 0 Å². The third-order valence-electron chi connectivity index (χ3n) is 1.98. The molecule has 1 atom stereocenters. The summed E-state index contributed by atoms with van der Waals surface area (Å²) in [6, 6.07) is -0.175. The number of nitrogens with two attached hydrogens (primary N) is 1. The standard InChI is InChI=1S/C9H19N3O2/c1-7(11-2)9(14)12-6-4-3-5-8(10)13/h7,11H,3-6H2,1-2H3,(H2,10,13)(H,12,14). The van der Waals surface area contributed by atoms with Crippen LogP contribution in [0.2, 0.25) is 0 Å². The molecule has 0 rings (SSSR count). The average molecular weight is 201 g/mol. The molecule has 0 radical (unpaired) electrons. The molecular formula is C9H19N3O2. The van der Waals surface area contributed by atoms with Crippen LogP contribution in [0.25, 0.3) is 0 Å². The first-order valence-electron chi connectivity index (χ1n) is 4.81. The lowest BCUT2D eigenvalue weighted by Crippen LogP contribution is -2.40. The van der Waals surface area contributed by atoms with Gasteiger partial charge in [0.15, 0.2) is 0 Å². The predicted molar refractivity (Wildman–Crippen MR) is 54.6 cm³/mol. The van der Waals surface area contributed by atoms with Crippen molar-refractivity contribution in [2.75, 3.05) is 13.6 Å². The van der Waals surface area contributed by atoms with Crippen molar-refractivity contribution in [1.82, 2.24) is 10.6 Å². The molecule has 5 nitrogen and oxygen atoms in total. The largest absolute Gasteiger partial charge is 0.370 e. The third-order valence-corrected chi connectivity index (χ3v) is 1.98. The van der Waals surface area contributed by atoms with E-state index in [2.05, 4.69) is 10.6 Å². The monoisotopic (exact) mass is 201 g/mol. The number of rotatable bonds is 7. The highest BCUT2D eigenvalue weighted by atomic mass is 16.2. The number of amides is 2. The van der Waals surface area contributed by atoms with Gasteiger partial charge in [-0.05, 0) is 26.8 Å². The molecule has 0 saturated heterocycles. The van der Waals surface area contributed by atoms with E-state index in [1.165, 1.54) is 0 Å². The second kappa shape index (κ2) is 7.32. The molecule has 4 N–H and O–H groups in total. The summed E-state index contributed by atoms with van der Waals surface area (Å²) in [4.78, 5) is 21.6. The molecule has 0 aliphatic heterocycles. The lowest BCUT2D eigenvalue weighted by molar-refractivity contribution is -0.122. The Balaban J connectivity index is 3.36. The molecule has 0 heterocycles. The maximum Gasteiger partial charge on any atom is 0.236 e. The van der Waals surface area contributed by atoms with Crippen molar-refractivity contribution in [1.29, 1.82) is 0 Å². The Hall–Kier alpha value is -1.10. The van der Waals surface area contributed by atoms with Crippen LogP contribution in [0.15, 0.2) is 0 Å². The first-order valence-corrected chi connectivity index (χ1v) is 4.81. The van der Waals surface area contributed by atoms with Crippen LogP contribution in [0.4, 0.5) is 0 Å². The third kappa shape index (κ3) is 6.42. The molecule has 14 heavy (non-hydrogen) atoms. The van der Waals surface area contributed by atoms with Gasteiger partial charge in [-0.25, -0.2) is 0 Å². The smallest absolute Gasteiger partial charge is 0.236 e. The Bertz CT molecular complexity index is 194. The van der Waals surface area contributed by atoms with Crippen LogP contribution in [0.3, 0.4) is 0 Å². The normalized spacial score (nSPS) is 12.1. The average Bonchev–Trinajstić information content (AvgIpc) is 2.15. The summed E-state index contributed by atoms with van der Waals surface area (Å²) >= 11 is 0. The number of likely N-dealkylation sites (N-methyl/N-ethyl adjacent to an activating group) is 1. The van der Waals surface area contributed by atoms with Crippen molar-refractivity contribution < 1.29 is 9.59 Å². The molecule has 2 amide bonds. The molecule has 82 valence electrons. The van der Waals surface area contributed by atoms with Crippen LogP contribution in [0.1, 0.15) is 26.2 Å². The van der Waals surface area contributed by atoms with Gasteiger partial charge in [0.25, 0.3) is 0 Å². The topological polar surface area (TPSA) is 84.2 Å². The van der Waals surface area contributed by atoms with Gasteiger partial charge in [0.2, 0.25) is 11.8 Å². The second-order valence-electron chi connectivity index (χ2n) is 3.22. The highest BCUT2D eigenvalue weighted by molar-refractivity contribution is 5.81. The molecule has 5 heteroatoms. The van der Waals surface area contributed by atoms with E-state index in [0.717, 1.165) is 12.8 Å². The molecule has 0 aromatic heterocycles. The lowest BCUT2D eigenvalue weighted by Gasteiger charge is -2.10. The highest BCUT2D eigenvalue weighted by Crippen LogP contribution is 1.92. The zero-order chi connectivity index (χ0) is 11.0. The number of carbonyl (C=O) groups excluding carboxylic acids is 2. The maximum atomic E-state index is 11.2. The lowest BCUT2D eigenvalue weighted by atomic mass is 10.2. The van der Waals surface area contributed by atoms with Gasteiger partial charge in [-0.2, -0.15) is 0 Å². The van der Waals surface area contributed by atoms with Crippen molar-refractivity contribution in [3.8, 4) is 0 Å². The Morgan fingerprint density at radius 2 is 2.00 bits per heavy atom. The van der Waals surface area contributed by atoms with Gasteiger partial charge in [0.05, 0.1) is 6.04 Å². The van der Waals surface area contributed by atoms with E-state index in [4.69, 9.17) is 5.73 Å². The Morgan fingerprint density at radius 1 is 1.36 bits per heavy atom. The minimum absolute atomic E-state index is 0.0217. The summed E-state index contributed by atoms with van der Waals surface area (Å²) in [7, 11) is 1.73. The van der Waals surface area contributed by atoms with Crippen LogP contribution in [-0.2, 0) is 9.59 Å². The molecular weight excluding hydrogens is 182 g/mol. The van der Waals surface area contributed by atoms with Gasteiger partial charge in [0, 0.05) is 13.0 Å². The minimum atomic E-state index is -0.292. The van der Waals surface area contributed by atoms with E-state index in [1.807, 2.05) is 0 Å².